The predicted molar refractivity (Wildman–Crippen MR) is 78.9 cm³/mol. The molecule has 6 heteroatoms. The third-order valence-electron chi connectivity index (χ3n) is 2.32. The van der Waals surface area contributed by atoms with Gasteiger partial charge in [0.2, 0.25) is 5.91 Å². The molecule has 18 heavy (non-hydrogen) atoms. The molecule has 0 saturated heterocycles. The fourth-order valence-corrected chi connectivity index (χ4v) is 3.66. The minimum Gasteiger partial charge on any atom is -0.480 e. The highest BCUT2D eigenvalue weighted by Gasteiger charge is 2.17. The highest BCUT2D eigenvalue weighted by Crippen LogP contribution is 2.23. The first-order valence-electron chi connectivity index (χ1n) is 6.32. The van der Waals surface area contributed by atoms with Crippen molar-refractivity contribution in [3.05, 3.63) is 0 Å². The molecule has 1 atom stereocenters. The number of hydrogen-bond acceptors (Lipinski definition) is 4. The van der Waals surface area contributed by atoms with Gasteiger partial charge >= 0.3 is 5.97 Å². The molecule has 2 N–H and O–H groups in total. The van der Waals surface area contributed by atoms with E-state index in [1.54, 1.807) is 10.8 Å². The van der Waals surface area contributed by atoms with Gasteiger partial charge in [0.05, 0.1) is 0 Å². The van der Waals surface area contributed by atoms with Gasteiger partial charge < -0.3 is 10.4 Å². The minimum absolute atomic E-state index is 0.299. The van der Waals surface area contributed by atoms with Crippen LogP contribution in [0.5, 0.6) is 0 Å². The van der Waals surface area contributed by atoms with Gasteiger partial charge in [-0.15, -0.1) is 0 Å². The number of carboxylic acids is 1. The Hall–Kier alpha value is -0.360. The number of unbranched alkanes of at least 4 members (excludes halogenated alkanes) is 4. The van der Waals surface area contributed by atoms with Gasteiger partial charge in [0.1, 0.15) is 6.04 Å². The molecule has 1 unspecified atom stereocenters. The lowest BCUT2D eigenvalue weighted by Crippen LogP contribution is -2.41. The van der Waals surface area contributed by atoms with Gasteiger partial charge in [0.25, 0.3) is 0 Å². The van der Waals surface area contributed by atoms with Crippen LogP contribution in [0.3, 0.4) is 0 Å². The normalized spacial score (nSPS) is 12.1. The molecule has 0 aromatic heterocycles. The Morgan fingerprint density at radius 3 is 2.39 bits per heavy atom. The summed E-state index contributed by atoms with van der Waals surface area (Å²) in [7, 11) is 3.20. The molecular weight excluding hydrogens is 270 g/mol. The molecule has 0 aromatic rings. The van der Waals surface area contributed by atoms with E-state index in [1.165, 1.54) is 49.8 Å². The van der Waals surface area contributed by atoms with E-state index in [9.17, 15) is 9.59 Å². The van der Waals surface area contributed by atoms with Crippen molar-refractivity contribution in [3.63, 3.8) is 0 Å². The highest BCUT2D eigenvalue weighted by molar-refractivity contribution is 8.76. The quantitative estimate of drug-likeness (QED) is 0.453. The smallest absolute Gasteiger partial charge is 0.327 e. The van der Waals surface area contributed by atoms with E-state index in [0.717, 1.165) is 5.75 Å². The van der Waals surface area contributed by atoms with Crippen molar-refractivity contribution in [2.24, 2.45) is 0 Å². The molecule has 0 fully saturated rings. The Morgan fingerprint density at radius 2 is 1.83 bits per heavy atom. The van der Waals surface area contributed by atoms with Crippen LogP contribution < -0.4 is 5.32 Å². The first-order valence-corrected chi connectivity index (χ1v) is 8.81. The zero-order valence-electron chi connectivity index (χ0n) is 11.1. The summed E-state index contributed by atoms with van der Waals surface area (Å²) in [6.07, 6.45) is 6.25. The lowest BCUT2D eigenvalue weighted by Gasteiger charge is -2.12. The Kier molecular flexibility index (Phi) is 11.5. The first-order chi connectivity index (χ1) is 8.57. The third-order valence-corrected chi connectivity index (χ3v) is 4.82. The molecule has 0 saturated carbocycles. The molecule has 0 aliphatic heterocycles. The summed E-state index contributed by atoms with van der Waals surface area (Å²) >= 11 is 0. The van der Waals surface area contributed by atoms with Gasteiger partial charge in [0.15, 0.2) is 0 Å². The number of nitrogens with one attached hydrogen (secondary N) is 1. The van der Waals surface area contributed by atoms with Crippen LogP contribution in [0.1, 0.15) is 46.0 Å². The van der Waals surface area contributed by atoms with Gasteiger partial charge in [-0.25, -0.2) is 4.79 Å². The van der Waals surface area contributed by atoms with Crippen molar-refractivity contribution in [1.29, 1.82) is 0 Å². The Morgan fingerprint density at radius 1 is 1.17 bits per heavy atom. The third kappa shape index (κ3) is 10.8. The Bertz CT molecular complexity index is 249. The van der Waals surface area contributed by atoms with E-state index in [4.69, 9.17) is 5.11 Å². The van der Waals surface area contributed by atoms with Crippen LogP contribution in [0.4, 0.5) is 0 Å². The van der Waals surface area contributed by atoms with Gasteiger partial charge in [-0.3, -0.25) is 4.79 Å². The second kappa shape index (κ2) is 11.7. The van der Waals surface area contributed by atoms with Gasteiger partial charge in [-0.1, -0.05) is 54.2 Å². The predicted octanol–water partition coefficient (Wildman–Crippen LogP) is 2.93. The molecule has 0 aromatic carbocycles. The van der Waals surface area contributed by atoms with Crippen LogP contribution >= 0.6 is 21.6 Å². The average Bonchev–Trinajstić information content (AvgIpc) is 2.30. The summed E-state index contributed by atoms with van der Waals surface area (Å²) < 4.78 is 0. The van der Waals surface area contributed by atoms with Crippen molar-refractivity contribution < 1.29 is 14.7 Å². The standard InChI is InChI=1S/C12H23NO3S2/c1-3-4-5-6-7-8-17-18-9-11(12(15)16)13-10(2)14/h11H,3-9H2,1-2H3,(H,13,14)(H,15,16). The number of carbonyl (C=O) groups is 2. The molecule has 1 amide bonds. The molecular formula is C12H23NO3S2. The first kappa shape index (κ1) is 17.6. The molecule has 0 spiro atoms. The van der Waals surface area contributed by atoms with Crippen LogP contribution in [-0.4, -0.2) is 34.5 Å². The zero-order valence-corrected chi connectivity index (χ0v) is 12.7. The van der Waals surface area contributed by atoms with E-state index in [0.29, 0.717) is 5.75 Å². The molecule has 4 nitrogen and oxygen atoms in total. The number of aliphatic carboxylic acids is 1. The van der Waals surface area contributed by atoms with E-state index >= 15 is 0 Å². The van der Waals surface area contributed by atoms with Crippen LogP contribution in [0, 0.1) is 0 Å². The maximum absolute atomic E-state index is 10.8. The Balaban J connectivity index is 3.49. The van der Waals surface area contributed by atoms with Gasteiger partial charge in [-0.05, 0) is 6.42 Å². The topological polar surface area (TPSA) is 66.4 Å². The lowest BCUT2D eigenvalue weighted by atomic mass is 10.2. The number of amides is 1. The van der Waals surface area contributed by atoms with Crippen LogP contribution in [0.15, 0.2) is 0 Å². The second-order valence-electron chi connectivity index (χ2n) is 4.11. The van der Waals surface area contributed by atoms with Crippen molar-refractivity contribution in [3.8, 4) is 0 Å². The number of hydrogen-bond donors (Lipinski definition) is 2. The largest absolute Gasteiger partial charge is 0.480 e. The molecule has 0 rings (SSSR count). The molecule has 0 heterocycles. The average molecular weight is 293 g/mol. The lowest BCUT2D eigenvalue weighted by molar-refractivity contribution is -0.140. The molecule has 106 valence electrons. The highest BCUT2D eigenvalue weighted by atomic mass is 33.1. The summed E-state index contributed by atoms with van der Waals surface area (Å²) in [6, 6.07) is -0.778. The van der Waals surface area contributed by atoms with Crippen LogP contribution in [-0.2, 0) is 9.59 Å². The van der Waals surface area contributed by atoms with E-state index in [2.05, 4.69) is 12.2 Å². The van der Waals surface area contributed by atoms with Crippen molar-refractivity contribution in [2.45, 2.75) is 52.0 Å². The summed E-state index contributed by atoms with van der Waals surface area (Å²) in [5, 5.41) is 11.3. The van der Waals surface area contributed by atoms with Crippen molar-refractivity contribution in [1.82, 2.24) is 5.32 Å². The minimum atomic E-state index is -0.971. The molecule has 0 aliphatic carbocycles. The molecule has 0 bridgehead atoms. The Labute approximate surface area is 117 Å². The van der Waals surface area contributed by atoms with Crippen molar-refractivity contribution in [2.75, 3.05) is 11.5 Å². The van der Waals surface area contributed by atoms with E-state index in [-0.39, 0.29) is 5.91 Å². The van der Waals surface area contributed by atoms with Crippen LogP contribution in [0.2, 0.25) is 0 Å². The second-order valence-corrected chi connectivity index (χ2v) is 6.74. The summed E-state index contributed by atoms with van der Waals surface area (Å²) in [6.45, 7) is 3.53. The fraction of sp³-hybridized carbons (Fsp3) is 0.833. The zero-order chi connectivity index (χ0) is 13.8. The molecule has 0 aliphatic rings. The maximum Gasteiger partial charge on any atom is 0.327 e. The fourth-order valence-electron chi connectivity index (χ4n) is 1.36. The van der Waals surface area contributed by atoms with E-state index < -0.39 is 12.0 Å². The number of carboxylic acid groups (broad SMARTS) is 1. The maximum atomic E-state index is 10.8. The number of rotatable bonds is 11. The van der Waals surface area contributed by atoms with Crippen LogP contribution in [0.25, 0.3) is 0 Å². The van der Waals surface area contributed by atoms with E-state index in [1.807, 2.05) is 0 Å². The summed E-state index contributed by atoms with van der Waals surface area (Å²) in [5.41, 5.74) is 0. The SMILES string of the molecule is CCCCCCCSSCC(NC(C)=O)C(=O)O. The molecule has 0 radical (unpaired) electrons. The van der Waals surface area contributed by atoms with Crippen molar-refractivity contribution >= 4 is 33.5 Å². The number of carbonyl (C=O) groups excluding carboxylic acids is 1. The van der Waals surface area contributed by atoms with Gasteiger partial charge in [0, 0.05) is 18.4 Å². The monoisotopic (exact) mass is 293 g/mol. The van der Waals surface area contributed by atoms with Gasteiger partial charge in [-0.2, -0.15) is 0 Å². The summed E-state index contributed by atoms with van der Waals surface area (Å²) in [4.78, 5) is 21.6. The summed E-state index contributed by atoms with van der Waals surface area (Å²) in [5.74, 6) is 0.184.